The van der Waals surface area contributed by atoms with Crippen molar-refractivity contribution in [2.75, 3.05) is 33.4 Å². The molecule has 0 unspecified atom stereocenters. The lowest BCUT2D eigenvalue weighted by Gasteiger charge is -2.39. The number of aryl methyl sites for hydroxylation is 1. The van der Waals surface area contributed by atoms with Crippen LogP contribution in [-0.4, -0.2) is 44.3 Å². The molecule has 2 aromatic rings. The van der Waals surface area contributed by atoms with Gasteiger partial charge < -0.3 is 9.64 Å². The van der Waals surface area contributed by atoms with E-state index >= 15 is 4.39 Å². The summed E-state index contributed by atoms with van der Waals surface area (Å²) in [6, 6.07) is 11.1. The Hall–Kier alpha value is -2.05. The van der Waals surface area contributed by atoms with Crippen molar-refractivity contribution >= 4 is 27.5 Å². The molecule has 1 aliphatic heterocycles. The summed E-state index contributed by atoms with van der Waals surface area (Å²) in [6.07, 6.45) is 3.93. The molecule has 3 nitrogen and oxygen atoms in total. The predicted molar refractivity (Wildman–Crippen MR) is 126 cm³/mol. The highest BCUT2D eigenvalue weighted by Gasteiger charge is 2.27. The quantitative estimate of drug-likeness (QED) is 0.438. The lowest BCUT2D eigenvalue weighted by molar-refractivity contribution is 0.0600. The number of fused-ring (bicyclic) bond motifs is 1. The van der Waals surface area contributed by atoms with E-state index < -0.39 is 0 Å². The van der Waals surface area contributed by atoms with Gasteiger partial charge in [-0.1, -0.05) is 34.1 Å². The average Bonchev–Trinajstić information content (AvgIpc) is 2.93. The summed E-state index contributed by atoms with van der Waals surface area (Å²) in [5.74, 6) is -0.109. The van der Waals surface area contributed by atoms with Crippen molar-refractivity contribution in [1.82, 2.24) is 4.90 Å². The summed E-state index contributed by atoms with van der Waals surface area (Å²) < 4.78 is 33.3. The van der Waals surface area contributed by atoms with Gasteiger partial charge >= 0.3 is 5.97 Å². The number of hydrogen-bond acceptors (Lipinski definition) is 3. The highest BCUT2D eigenvalue weighted by Crippen LogP contribution is 2.38. The summed E-state index contributed by atoms with van der Waals surface area (Å²) in [6.45, 7) is 2.32. The monoisotopic (exact) mass is 503 g/mol. The van der Waals surface area contributed by atoms with Crippen LogP contribution in [-0.2, 0) is 17.6 Å². The summed E-state index contributed by atoms with van der Waals surface area (Å²) in [5, 5.41) is 0. The highest BCUT2D eigenvalue weighted by atomic mass is 79.9. The van der Waals surface area contributed by atoms with Gasteiger partial charge in [0.15, 0.2) is 0 Å². The minimum Gasteiger partial charge on any atom is -0.465 e. The molecule has 2 aliphatic rings. The Morgan fingerprint density at radius 2 is 2.00 bits per heavy atom. The van der Waals surface area contributed by atoms with Crippen LogP contribution < -0.4 is 0 Å². The maximum Gasteiger partial charge on any atom is 0.337 e. The van der Waals surface area contributed by atoms with Gasteiger partial charge in [0, 0.05) is 24.1 Å². The molecule has 0 aromatic heterocycles. The molecule has 1 fully saturated rings. The van der Waals surface area contributed by atoms with E-state index in [0.717, 1.165) is 71.2 Å². The van der Waals surface area contributed by atoms with Crippen molar-refractivity contribution in [3.8, 4) is 0 Å². The van der Waals surface area contributed by atoms with Crippen LogP contribution >= 0.6 is 15.9 Å². The molecule has 0 amide bonds. The number of ether oxygens (including phenoxy) is 1. The Labute approximate surface area is 196 Å². The van der Waals surface area contributed by atoms with Crippen LogP contribution in [0, 0.1) is 11.7 Å². The first kappa shape index (κ1) is 23.1. The molecule has 0 spiro atoms. The van der Waals surface area contributed by atoms with Gasteiger partial charge in [0.05, 0.1) is 19.3 Å². The largest absolute Gasteiger partial charge is 0.465 e. The highest BCUT2D eigenvalue weighted by molar-refractivity contribution is 9.11. The van der Waals surface area contributed by atoms with Gasteiger partial charge in [-0.15, -0.1) is 0 Å². The molecule has 1 aliphatic carbocycles. The van der Waals surface area contributed by atoms with Crippen molar-refractivity contribution in [2.24, 2.45) is 5.92 Å². The number of allylic oxidation sites excluding steroid dienone is 1. The fourth-order valence-corrected chi connectivity index (χ4v) is 5.48. The Morgan fingerprint density at radius 3 is 2.72 bits per heavy atom. The number of esters is 1. The van der Waals surface area contributed by atoms with Gasteiger partial charge in [-0.05, 0) is 84.0 Å². The third-order valence-electron chi connectivity index (χ3n) is 6.40. The van der Waals surface area contributed by atoms with E-state index in [4.69, 9.17) is 4.74 Å². The van der Waals surface area contributed by atoms with E-state index in [0.29, 0.717) is 24.3 Å². The first-order chi connectivity index (χ1) is 15.5. The minimum absolute atomic E-state index is 0.186. The summed E-state index contributed by atoms with van der Waals surface area (Å²) >= 11 is 3.74. The second kappa shape index (κ2) is 10.3. The lowest BCUT2D eigenvalue weighted by atomic mass is 9.89. The van der Waals surface area contributed by atoms with Gasteiger partial charge in [-0.2, -0.15) is 0 Å². The molecule has 0 N–H and O–H groups in total. The number of rotatable bonds is 7. The molecule has 0 radical (unpaired) electrons. The van der Waals surface area contributed by atoms with Crippen LogP contribution in [0.15, 0.2) is 40.9 Å². The maximum absolute atomic E-state index is 15.1. The van der Waals surface area contributed by atoms with Crippen LogP contribution in [0.4, 0.5) is 8.78 Å². The molecule has 1 heterocycles. The standard InChI is InChI=1S/C26H28BrF2NO2/c1-32-26(31)21-8-9-22-18(13-21)4-2-5-23(27)25(22)20-7-6-19(24(29)14-20)12-17-15-30(16-17)11-3-10-28/h6-9,13-14,17H,2-5,10-12,15-16H2,1H3. The van der Waals surface area contributed by atoms with Crippen LogP contribution in [0.25, 0.3) is 5.57 Å². The van der Waals surface area contributed by atoms with Crippen LogP contribution in [0.5, 0.6) is 0 Å². The van der Waals surface area contributed by atoms with Crippen LogP contribution in [0.1, 0.15) is 51.9 Å². The van der Waals surface area contributed by atoms with E-state index in [9.17, 15) is 9.18 Å². The topological polar surface area (TPSA) is 29.5 Å². The van der Waals surface area contributed by atoms with Gasteiger partial charge in [0.25, 0.3) is 0 Å². The van der Waals surface area contributed by atoms with Gasteiger partial charge in [0.2, 0.25) is 0 Å². The van der Waals surface area contributed by atoms with E-state index in [1.54, 1.807) is 12.1 Å². The molecule has 0 bridgehead atoms. The smallest absolute Gasteiger partial charge is 0.337 e. The zero-order valence-electron chi connectivity index (χ0n) is 18.3. The fraction of sp³-hybridized carbons (Fsp3) is 0.423. The summed E-state index contributed by atoms with van der Waals surface area (Å²) in [7, 11) is 1.38. The van der Waals surface area contributed by atoms with E-state index in [1.165, 1.54) is 7.11 Å². The number of hydrogen-bond donors (Lipinski definition) is 0. The second-order valence-electron chi connectivity index (χ2n) is 8.68. The molecular formula is C26H28BrF2NO2. The molecule has 32 heavy (non-hydrogen) atoms. The van der Waals surface area contributed by atoms with Crippen molar-refractivity contribution in [3.63, 3.8) is 0 Å². The minimum atomic E-state index is -0.351. The third kappa shape index (κ3) is 4.96. The van der Waals surface area contributed by atoms with Crippen molar-refractivity contribution in [1.29, 1.82) is 0 Å². The zero-order chi connectivity index (χ0) is 22.7. The first-order valence-electron chi connectivity index (χ1n) is 11.2. The number of likely N-dealkylation sites (tertiary alicyclic amines) is 1. The zero-order valence-corrected chi connectivity index (χ0v) is 19.9. The van der Waals surface area contributed by atoms with E-state index in [1.807, 2.05) is 24.3 Å². The van der Waals surface area contributed by atoms with Crippen LogP contribution in [0.3, 0.4) is 0 Å². The Kier molecular flexibility index (Phi) is 7.41. The van der Waals surface area contributed by atoms with Crippen LogP contribution in [0.2, 0.25) is 0 Å². The van der Waals surface area contributed by atoms with Gasteiger partial charge in [-0.3, -0.25) is 4.39 Å². The Morgan fingerprint density at radius 1 is 1.19 bits per heavy atom. The summed E-state index contributed by atoms with van der Waals surface area (Å²) in [4.78, 5) is 14.2. The number of methoxy groups -OCH3 is 1. The SMILES string of the molecule is COC(=O)c1ccc2c(c1)CCCC(Br)=C2c1ccc(CC2CN(CCCF)C2)c(F)c1. The molecular weight excluding hydrogens is 476 g/mol. The Bertz CT molecular complexity index is 1030. The lowest BCUT2D eigenvalue weighted by Crippen LogP contribution is -2.48. The first-order valence-corrected chi connectivity index (χ1v) is 12.0. The molecule has 1 saturated heterocycles. The molecule has 0 atom stereocenters. The third-order valence-corrected chi connectivity index (χ3v) is 7.19. The Balaban J connectivity index is 1.56. The second-order valence-corrected chi connectivity index (χ2v) is 9.63. The van der Waals surface area contributed by atoms with Gasteiger partial charge in [-0.25, -0.2) is 9.18 Å². The fourth-order valence-electron chi connectivity index (χ4n) is 4.76. The van der Waals surface area contributed by atoms with Crippen molar-refractivity contribution < 1.29 is 18.3 Å². The number of carbonyl (C=O) groups is 1. The molecule has 4 rings (SSSR count). The predicted octanol–water partition coefficient (Wildman–Crippen LogP) is 5.94. The number of nitrogens with zero attached hydrogens (tertiary/aromatic N) is 1. The number of benzene rings is 2. The maximum atomic E-state index is 15.1. The molecule has 6 heteroatoms. The van der Waals surface area contributed by atoms with Gasteiger partial charge in [0.1, 0.15) is 5.82 Å². The number of carbonyl (C=O) groups excluding carboxylic acids is 1. The molecule has 0 saturated carbocycles. The average molecular weight is 504 g/mol. The molecule has 2 aromatic carbocycles. The number of alkyl halides is 1. The summed E-state index contributed by atoms with van der Waals surface area (Å²) in [5.41, 5.74) is 5.19. The normalized spacial score (nSPS) is 17.0. The van der Waals surface area contributed by atoms with Crippen molar-refractivity contribution in [2.45, 2.75) is 32.1 Å². The van der Waals surface area contributed by atoms with Crippen molar-refractivity contribution in [3.05, 3.63) is 74.5 Å². The van der Waals surface area contributed by atoms with E-state index in [2.05, 4.69) is 20.8 Å². The van der Waals surface area contributed by atoms with E-state index in [-0.39, 0.29) is 18.5 Å². The number of halogens is 3. The molecule has 170 valence electrons.